The molecule has 2 heterocycles. The maximum absolute atomic E-state index is 5.67. The fourth-order valence-corrected chi connectivity index (χ4v) is 3.25. The first-order valence-electron chi connectivity index (χ1n) is 12.3. The maximum atomic E-state index is 5.67. The molecule has 0 saturated carbocycles. The third-order valence-electron chi connectivity index (χ3n) is 4.93. The number of nitrogens with zero attached hydrogens (tertiary/aromatic N) is 6. The zero-order chi connectivity index (χ0) is 24.8. The van der Waals surface area contributed by atoms with Gasteiger partial charge in [0.15, 0.2) is 0 Å². The van der Waals surface area contributed by atoms with E-state index in [1.54, 1.807) is 0 Å². The Hall–Kier alpha value is -2.58. The van der Waals surface area contributed by atoms with Gasteiger partial charge in [0.05, 0.1) is 44.3 Å². The van der Waals surface area contributed by atoms with Gasteiger partial charge in [-0.1, -0.05) is 68.0 Å². The zero-order valence-corrected chi connectivity index (χ0v) is 21.8. The lowest BCUT2D eigenvalue weighted by Gasteiger charge is -2.04. The highest BCUT2D eigenvalue weighted by Gasteiger charge is 2.04. The Morgan fingerprint density at radius 3 is 1.74 bits per heavy atom. The van der Waals surface area contributed by atoms with E-state index in [4.69, 9.17) is 9.47 Å². The van der Waals surface area contributed by atoms with Gasteiger partial charge in [-0.15, -0.1) is 10.2 Å². The number of aryl methyl sites for hydroxylation is 1. The van der Waals surface area contributed by atoms with Gasteiger partial charge in [-0.2, -0.15) is 0 Å². The molecule has 0 atom stereocenters. The van der Waals surface area contributed by atoms with Crippen molar-refractivity contribution < 1.29 is 9.47 Å². The van der Waals surface area contributed by atoms with Crippen LogP contribution in [0.15, 0.2) is 36.7 Å². The van der Waals surface area contributed by atoms with Crippen LogP contribution in [-0.4, -0.2) is 49.8 Å². The molecule has 0 saturated heterocycles. The number of hydrogen-bond donors (Lipinski definition) is 0. The first-order chi connectivity index (χ1) is 16.4. The van der Waals surface area contributed by atoms with Crippen molar-refractivity contribution in [1.29, 1.82) is 0 Å². The highest BCUT2D eigenvalue weighted by molar-refractivity contribution is 5.20. The monoisotopic (exact) mass is 470 g/mol. The van der Waals surface area contributed by atoms with Crippen LogP contribution in [0.1, 0.15) is 57.1 Å². The predicted octanol–water partition coefficient (Wildman–Crippen LogP) is 4.51. The summed E-state index contributed by atoms with van der Waals surface area (Å²) in [4.78, 5) is 0. The molecule has 0 N–H and O–H groups in total. The van der Waals surface area contributed by atoms with Gasteiger partial charge in [-0.25, -0.2) is 9.36 Å². The van der Waals surface area contributed by atoms with E-state index in [0.717, 1.165) is 43.9 Å². The van der Waals surface area contributed by atoms with Crippen LogP contribution in [0.4, 0.5) is 0 Å². The van der Waals surface area contributed by atoms with Crippen LogP contribution >= 0.6 is 0 Å². The van der Waals surface area contributed by atoms with E-state index < -0.39 is 0 Å². The molecular formula is C26H42N6O2. The molecule has 3 aromatic rings. The minimum atomic E-state index is 0.609. The Bertz CT molecular complexity index is 918. The van der Waals surface area contributed by atoms with Gasteiger partial charge in [0.25, 0.3) is 0 Å². The van der Waals surface area contributed by atoms with Crippen LogP contribution in [0.2, 0.25) is 0 Å². The Morgan fingerprint density at radius 2 is 1.26 bits per heavy atom. The van der Waals surface area contributed by atoms with Gasteiger partial charge in [-0.05, 0) is 44.1 Å². The molecule has 0 aliphatic heterocycles. The van der Waals surface area contributed by atoms with E-state index >= 15 is 0 Å². The van der Waals surface area contributed by atoms with Crippen molar-refractivity contribution in [1.82, 2.24) is 30.0 Å². The molecule has 0 aliphatic carbocycles. The Balaban J connectivity index is 0.000000257. The summed E-state index contributed by atoms with van der Waals surface area (Å²) in [5, 5.41) is 16.4. The average Bonchev–Trinajstić information content (AvgIpc) is 3.41. The van der Waals surface area contributed by atoms with Crippen LogP contribution in [-0.2, 0) is 42.0 Å². The molecule has 2 aromatic heterocycles. The number of aromatic nitrogens is 6. The van der Waals surface area contributed by atoms with Crippen molar-refractivity contribution in [2.75, 3.05) is 19.8 Å². The van der Waals surface area contributed by atoms with Crippen molar-refractivity contribution >= 4 is 0 Å². The fourth-order valence-electron chi connectivity index (χ4n) is 3.25. The first kappa shape index (κ1) is 27.7. The molecular weight excluding hydrogens is 428 g/mol. The van der Waals surface area contributed by atoms with Gasteiger partial charge in [0.1, 0.15) is 0 Å². The summed E-state index contributed by atoms with van der Waals surface area (Å²) >= 11 is 0. The van der Waals surface area contributed by atoms with Crippen molar-refractivity contribution in [3.63, 3.8) is 0 Å². The molecule has 0 aliphatic rings. The first-order valence-corrected chi connectivity index (χ1v) is 12.3. The van der Waals surface area contributed by atoms with Crippen molar-refractivity contribution in [3.8, 4) is 0 Å². The van der Waals surface area contributed by atoms with Gasteiger partial charge in [0.2, 0.25) is 0 Å². The second-order valence-corrected chi connectivity index (χ2v) is 9.38. The highest BCUT2D eigenvalue weighted by atomic mass is 16.5. The SMILES string of the molecule is CCOCCn1cc(CC(C)C)nn1.Cc1ccc(COCCn2cc(CC(C)C)nn2)cc1. The Labute approximate surface area is 204 Å². The highest BCUT2D eigenvalue weighted by Crippen LogP contribution is 2.06. The number of ether oxygens (including phenoxy) is 2. The molecule has 0 fully saturated rings. The Kier molecular flexibility index (Phi) is 12.5. The van der Waals surface area contributed by atoms with Gasteiger partial charge in [-0.3, -0.25) is 0 Å². The fraction of sp³-hybridized carbons (Fsp3) is 0.615. The standard InChI is InChI=1S/C16H23N3O.C10H19N3O/c1-13(2)10-16-11-19(18-17-16)8-9-20-12-15-6-4-14(3)5-7-15;1-4-14-6-5-13-8-10(11-12-13)7-9(2)3/h4-7,11,13H,8-10,12H2,1-3H3;8-9H,4-7H2,1-3H3. The molecule has 0 spiro atoms. The summed E-state index contributed by atoms with van der Waals surface area (Å²) in [5.41, 5.74) is 4.60. The summed E-state index contributed by atoms with van der Waals surface area (Å²) < 4.78 is 14.6. The third kappa shape index (κ3) is 11.5. The van der Waals surface area contributed by atoms with E-state index in [9.17, 15) is 0 Å². The van der Waals surface area contributed by atoms with E-state index in [-0.39, 0.29) is 0 Å². The minimum absolute atomic E-state index is 0.609. The van der Waals surface area contributed by atoms with Crippen LogP contribution in [0.5, 0.6) is 0 Å². The second-order valence-electron chi connectivity index (χ2n) is 9.38. The largest absolute Gasteiger partial charge is 0.380 e. The molecule has 0 radical (unpaired) electrons. The minimum Gasteiger partial charge on any atom is -0.380 e. The normalized spacial score (nSPS) is 11.2. The summed E-state index contributed by atoms with van der Waals surface area (Å²) in [6.45, 7) is 17.1. The molecule has 0 bridgehead atoms. The smallest absolute Gasteiger partial charge is 0.0829 e. The van der Waals surface area contributed by atoms with Crippen molar-refractivity contribution in [3.05, 3.63) is 59.2 Å². The summed E-state index contributed by atoms with van der Waals surface area (Å²) in [5.74, 6) is 1.24. The molecule has 8 heteroatoms. The van der Waals surface area contributed by atoms with E-state index in [1.807, 2.05) is 28.7 Å². The maximum Gasteiger partial charge on any atom is 0.0829 e. The Morgan fingerprint density at radius 1 is 0.765 bits per heavy atom. The van der Waals surface area contributed by atoms with Crippen LogP contribution < -0.4 is 0 Å². The van der Waals surface area contributed by atoms with Gasteiger partial charge < -0.3 is 9.47 Å². The van der Waals surface area contributed by atoms with Gasteiger partial charge in [0, 0.05) is 19.0 Å². The molecule has 34 heavy (non-hydrogen) atoms. The molecule has 3 rings (SSSR count). The summed E-state index contributed by atoms with van der Waals surface area (Å²) in [7, 11) is 0. The van der Waals surface area contributed by atoms with E-state index in [1.165, 1.54) is 11.1 Å². The number of rotatable bonds is 13. The van der Waals surface area contributed by atoms with Crippen LogP contribution in [0.3, 0.4) is 0 Å². The molecule has 188 valence electrons. The molecule has 1 aromatic carbocycles. The lowest BCUT2D eigenvalue weighted by molar-refractivity contribution is 0.110. The van der Waals surface area contributed by atoms with Crippen molar-refractivity contribution in [2.24, 2.45) is 11.8 Å². The predicted molar refractivity (Wildman–Crippen MR) is 134 cm³/mol. The van der Waals surface area contributed by atoms with Crippen LogP contribution in [0.25, 0.3) is 0 Å². The topological polar surface area (TPSA) is 79.9 Å². The number of benzene rings is 1. The van der Waals surface area contributed by atoms with E-state index in [0.29, 0.717) is 31.7 Å². The zero-order valence-electron chi connectivity index (χ0n) is 21.8. The van der Waals surface area contributed by atoms with E-state index in [2.05, 4.69) is 79.5 Å². The third-order valence-corrected chi connectivity index (χ3v) is 4.93. The molecule has 0 unspecified atom stereocenters. The summed E-state index contributed by atoms with van der Waals surface area (Å²) in [6.07, 6.45) is 5.98. The molecule has 8 nitrogen and oxygen atoms in total. The van der Waals surface area contributed by atoms with Gasteiger partial charge >= 0.3 is 0 Å². The molecule has 0 amide bonds. The summed E-state index contributed by atoms with van der Waals surface area (Å²) in [6, 6.07) is 8.42. The lowest BCUT2D eigenvalue weighted by Crippen LogP contribution is -2.06. The lowest BCUT2D eigenvalue weighted by atomic mass is 10.1. The quantitative estimate of drug-likeness (QED) is 0.342. The second kappa shape index (κ2) is 15.3. The van der Waals surface area contributed by atoms with Crippen LogP contribution in [0, 0.1) is 18.8 Å². The van der Waals surface area contributed by atoms with Crippen molar-refractivity contribution in [2.45, 2.75) is 74.1 Å². The average molecular weight is 471 g/mol. The number of hydrogen-bond acceptors (Lipinski definition) is 6.